The molecule has 182 valence electrons. The Kier molecular flexibility index (Phi) is 7.70. The molecule has 1 fully saturated rings. The predicted octanol–water partition coefficient (Wildman–Crippen LogP) is 5.24. The highest BCUT2D eigenvalue weighted by Gasteiger charge is 2.22. The second-order valence-electron chi connectivity index (χ2n) is 9.38. The molecule has 0 bridgehead atoms. The predicted molar refractivity (Wildman–Crippen MR) is 140 cm³/mol. The molecule has 6 heteroatoms. The third kappa shape index (κ3) is 6.41. The number of ether oxygens (including phenoxy) is 1. The van der Waals surface area contributed by atoms with E-state index < -0.39 is 0 Å². The van der Waals surface area contributed by atoms with Crippen molar-refractivity contribution in [1.29, 1.82) is 0 Å². The number of carbonyl (C=O) groups excluding carboxylic acids is 2. The molecule has 0 radical (unpaired) electrons. The zero-order chi connectivity index (χ0) is 24.8. The van der Waals surface area contributed by atoms with E-state index in [4.69, 9.17) is 4.74 Å². The molecule has 0 saturated carbocycles. The molecule has 3 aromatic rings. The second kappa shape index (κ2) is 11.1. The fraction of sp³-hybridized carbons (Fsp3) is 0.310. The van der Waals surface area contributed by atoms with Crippen LogP contribution in [0.15, 0.2) is 72.8 Å². The Morgan fingerprint density at radius 3 is 2.03 bits per heavy atom. The summed E-state index contributed by atoms with van der Waals surface area (Å²) in [4.78, 5) is 29.5. The Labute approximate surface area is 207 Å². The van der Waals surface area contributed by atoms with Crippen LogP contribution in [0.3, 0.4) is 0 Å². The summed E-state index contributed by atoms with van der Waals surface area (Å²) in [6.07, 6.45) is 0. The minimum Gasteiger partial charge on any atom is -0.493 e. The lowest BCUT2D eigenvalue weighted by Gasteiger charge is -2.36. The van der Waals surface area contributed by atoms with Crippen LogP contribution in [-0.4, -0.2) is 49.5 Å². The van der Waals surface area contributed by atoms with Gasteiger partial charge in [0.25, 0.3) is 11.8 Å². The van der Waals surface area contributed by atoms with E-state index in [9.17, 15) is 9.59 Å². The molecule has 0 unspecified atom stereocenters. The highest BCUT2D eigenvalue weighted by Crippen LogP contribution is 2.21. The third-order valence-electron chi connectivity index (χ3n) is 6.06. The molecule has 1 heterocycles. The molecule has 6 nitrogen and oxygen atoms in total. The molecule has 3 aromatic carbocycles. The number of rotatable bonds is 7. The average molecular weight is 472 g/mol. The maximum Gasteiger partial charge on any atom is 0.255 e. The zero-order valence-corrected chi connectivity index (χ0v) is 20.7. The number of anilines is 2. The Bertz CT molecular complexity index is 1130. The fourth-order valence-electron chi connectivity index (χ4n) is 3.97. The summed E-state index contributed by atoms with van der Waals surface area (Å²) in [5.41, 5.74) is 4.29. The largest absolute Gasteiger partial charge is 0.493 e. The number of nitrogens with one attached hydrogen (secondary N) is 1. The minimum absolute atomic E-state index is 0.0854. The van der Waals surface area contributed by atoms with Crippen molar-refractivity contribution >= 4 is 23.2 Å². The zero-order valence-electron chi connectivity index (χ0n) is 20.7. The van der Waals surface area contributed by atoms with Crippen molar-refractivity contribution in [2.75, 3.05) is 43.0 Å². The highest BCUT2D eigenvalue weighted by molar-refractivity contribution is 6.04. The number of aryl methyl sites for hydroxylation is 1. The SMILES string of the molecule is Cc1ccc(C(=O)N2CCN(c3ccc(NC(=O)c4ccc(OCC(C)C)cc4)cc3)CC2)cc1. The van der Waals surface area contributed by atoms with E-state index in [1.54, 1.807) is 12.1 Å². The van der Waals surface area contributed by atoms with E-state index >= 15 is 0 Å². The standard InChI is InChI=1S/C29H33N3O3/c1-21(2)20-35-27-14-8-23(9-15-27)28(33)30-25-10-12-26(13-11-25)31-16-18-32(19-17-31)29(34)24-6-4-22(3)5-7-24/h4-15,21H,16-20H2,1-3H3,(H,30,33). The summed E-state index contributed by atoms with van der Waals surface area (Å²) in [5, 5.41) is 2.95. The maximum atomic E-state index is 12.8. The van der Waals surface area contributed by atoms with E-state index in [0.29, 0.717) is 31.2 Å². The first-order chi connectivity index (χ1) is 16.9. The quantitative estimate of drug-likeness (QED) is 0.512. The molecule has 1 aliphatic heterocycles. The van der Waals surface area contributed by atoms with Gasteiger partial charge in [0.1, 0.15) is 5.75 Å². The number of hydrogen-bond donors (Lipinski definition) is 1. The van der Waals surface area contributed by atoms with Crippen molar-refractivity contribution < 1.29 is 14.3 Å². The Morgan fingerprint density at radius 1 is 0.829 bits per heavy atom. The van der Waals surface area contributed by atoms with E-state index in [-0.39, 0.29) is 11.8 Å². The second-order valence-corrected chi connectivity index (χ2v) is 9.38. The van der Waals surface area contributed by atoms with Crippen LogP contribution in [0.1, 0.15) is 40.1 Å². The van der Waals surface area contributed by atoms with E-state index in [1.165, 1.54) is 0 Å². The lowest BCUT2D eigenvalue weighted by molar-refractivity contribution is 0.0746. The molecule has 0 atom stereocenters. The minimum atomic E-state index is -0.156. The lowest BCUT2D eigenvalue weighted by atomic mass is 10.1. The summed E-state index contributed by atoms with van der Waals surface area (Å²) < 4.78 is 5.68. The van der Waals surface area contributed by atoms with Crippen LogP contribution < -0.4 is 15.0 Å². The van der Waals surface area contributed by atoms with Gasteiger partial charge in [-0.1, -0.05) is 31.5 Å². The van der Waals surface area contributed by atoms with Crippen molar-refractivity contribution in [2.45, 2.75) is 20.8 Å². The molecule has 35 heavy (non-hydrogen) atoms. The molecule has 2 amide bonds. The van der Waals surface area contributed by atoms with Crippen LogP contribution in [0.5, 0.6) is 5.75 Å². The molecule has 0 spiro atoms. The highest BCUT2D eigenvalue weighted by atomic mass is 16.5. The maximum absolute atomic E-state index is 12.8. The summed E-state index contributed by atoms with van der Waals surface area (Å²) in [6, 6.07) is 22.8. The van der Waals surface area contributed by atoms with Crippen LogP contribution in [-0.2, 0) is 0 Å². The summed E-state index contributed by atoms with van der Waals surface area (Å²) in [5.74, 6) is 1.14. The Morgan fingerprint density at radius 2 is 1.43 bits per heavy atom. The monoisotopic (exact) mass is 471 g/mol. The molecule has 0 aromatic heterocycles. The smallest absolute Gasteiger partial charge is 0.255 e. The summed E-state index contributed by atoms with van der Waals surface area (Å²) in [7, 11) is 0. The number of piperazine rings is 1. The van der Waals surface area contributed by atoms with Gasteiger partial charge in [0.15, 0.2) is 0 Å². The van der Waals surface area contributed by atoms with Gasteiger partial charge in [0.05, 0.1) is 6.61 Å². The topological polar surface area (TPSA) is 61.9 Å². The van der Waals surface area contributed by atoms with Gasteiger partial charge in [-0.2, -0.15) is 0 Å². The van der Waals surface area contributed by atoms with Crippen LogP contribution in [0.25, 0.3) is 0 Å². The van der Waals surface area contributed by atoms with Gasteiger partial charge in [0.2, 0.25) is 0 Å². The van der Waals surface area contributed by atoms with Gasteiger partial charge in [-0.05, 0) is 73.5 Å². The average Bonchev–Trinajstić information content (AvgIpc) is 2.88. The van der Waals surface area contributed by atoms with Crippen molar-refractivity contribution in [2.24, 2.45) is 5.92 Å². The first-order valence-electron chi connectivity index (χ1n) is 12.1. The van der Waals surface area contributed by atoms with Crippen molar-refractivity contribution in [3.8, 4) is 5.75 Å². The van der Waals surface area contributed by atoms with Crippen molar-refractivity contribution in [1.82, 2.24) is 4.90 Å². The van der Waals surface area contributed by atoms with Crippen molar-refractivity contribution in [3.05, 3.63) is 89.5 Å². The van der Waals surface area contributed by atoms with E-state index in [2.05, 4.69) is 24.1 Å². The third-order valence-corrected chi connectivity index (χ3v) is 6.06. The van der Waals surface area contributed by atoms with E-state index in [1.807, 2.05) is 72.5 Å². The van der Waals surface area contributed by atoms with Gasteiger partial charge in [0, 0.05) is 48.7 Å². The summed E-state index contributed by atoms with van der Waals surface area (Å²) >= 11 is 0. The van der Waals surface area contributed by atoms with Gasteiger partial charge in [-0.25, -0.2) is 0 Å². The molecule has 4 rings (SSSR count). The number of nitrogens with zero attached hydrogens (tertiary/aromatic N) is 2. The Hall–Kier alpha value is -3.80. The lowest BCUT2D eigenvalue weighted by Crippen LogP contribution is -2.48. The molecular formula is C29H33N3O3. The van der Waals surface area contributed by atoms with Gasteiger partial charge in [-0.15, -0.1) is 0 Å². The van der Waals surface area contributed by atoms with Gasteiger partial charge in [-0.3, -0.25) is 9.59 Å². The first kappa shape index (κ1) is 24.3. The Balaban J connectivity index is 1.28. The number of carbonyl (C=O) groups is 2. The van der Waals surface area contributed by atoms with Crippen LogP contribution in [0, 0.1) is 12.8 Å². The molecule has 1 aliphatic rings. The van der Waals surface area contributed by atoms with Gasteiger partial charge < -0.3 is 19.9 Å². The van der Waals surface area contributed by atoms with Crippen molar-refractivity contribution in [3.63, 3.8) is 0 Å². The molecular weight excluding hydrogens is 438 g/mol. The van der Waals surface area contributed by atoms with Crippen LogP contribution in [0.2, 0.25) is 0 Å². The number of hydrogen-bond acceptors (Lipinski definition) is 4. The fourth-order valence-corrected chi connectivity index (χ4v) is 3.97. The normalized spacial score (nSPS) is 13.6. The molecule has 0 aliphatic carbocycles. The number of amides is 2. The summed E-state index contributed by atoms with van der Waals surface area (Å²) in [6.45, 7) is 9.77. The van der Waals surface area contributed by atoms with Crippen LogP contribution >= 0.6 is 0 Å². The molecule has 1 saturated heterocycles. The van der Waals surface area contributed by atoms with Gasteiger partial charge >= 0.3 is 0 Å². The van der Waals surface area contributed by atoms with E-state index in [0.717, 1.165) is 41.3 Å². The first-order valence-corrected chi connectivity index (χ1v) is 12.1. The van der Waals surface area contributed by atoms with Crippen LogP contribution in [0.4, 0.5) is 11.4 Å². The number of benzene rings is 3. The molecule has 1 N–H and O–H groups in total.